The van der Waals surface area contributed by atoms with Gasteiger partial charge in [0.05, 0.1) is 7.11 Å². The Kier molecular flexibility index (Phi) is 4.46. The van der Waals surface area contributed by atoms with Gasteiger partial charge in [-0.15, -0.1) is 0 Å². The van der Waals surface area contributed by atoms with E-state index >= 15 is 0 Å². The van der Waals surface area contributed by atoms with Crippen LogP contribution in [0.5, 0.6) is 5.75 Å². The summed E-state index contributed by atoms with van der Waals surface area (Å²) in [6.45, 7) is 5.44. The van der Waals surface area contributed by atoms with Crippen molar-refractivity contribution in [1.29, 1.82) is 0 Å². The second kappa shape index (κ2) is 5.84. The second-order valence-corrected chi connectivity index (χ2v) is 3.65. The Morgan fingerprint density at radius 3 is 2.76 bits per heavy atom. The maximum Gasteiger partial charge on any atom is 0.246 e. The molecule has 0 aliphatic carbocycles. The molecular formula is C13H15NO3. The van der Waals surface area contributed by atoms with Crippen LogP contribution in [-0.4, -0.2) is 19.3 Å². The summed E-state index contributed by atoms with van der Waals surface area (Å²) in [7, 11) is 1.55. The lowest BCUT2D eigenvalue weighted by atomic mass is 10.1. The fraction of sp³-hybridized carbons (Fsp3) is 0.231. The van der Waals surface area contributed by atoms with Gasteiger partial charge in [-0.2, -0.15) is 0 Å². The molecule has 4 heteroatoms. The van der Waals surface area contributed by atoms with Gasteiger partial charge in [-0.05, 0) is 30.7 Å². The van der Waals surface area contributed by atoms with Crippen molar-refractivity contribution in [3.8, 4) is 5.75 Å². The standard InChI is InChI=1S/C13H15NO3/c1-9(2)13(16)14-7-11-6-12(17-3)5-4-10(11)8-15/h4-6,8H,1,7H2,2-3H3,(H,14,16). The molecule has 4 nitrogen and oxygen atoms in total. The van der Waals surface area contributed by atoms with Crippen molar-refractivity contribution >= 4 is 12.2 Å². The molecule has 1 amide bonds. The van der Waals surface area contributed by atoms with Crippen LogP contribution in [0.1, 0.15) is 22.8 Å². The lowest BCUT2D eigenvalue weighted by molar-refractivity contribution is -0.117. The highest BCUT2D eigenvalue weighted by atomic mass is 16.5. The molecule has 0 atom stereocenters. The summed E-state index contributed by atoms with van der Waals surface area (Å²) in [6, 6.07) is 5.09. The van der Waals surface area contributed by atoms with Gasteiger partial charge >= 0.3 is 0 Å². The van der Waals surface area contributed by atoms with Gasteiger partial charge in [-0.1, -0.05) is 6.58 Å². The Morgan fingerprint density at radius 1 is 1.53 bits per heavy atom. The van der Waals surface area contributed by atoms with E-state index < -0.39 is 0 Å². The molecule has 0 aromatic heterocycles. The zero-order valence-corrected chi connectivity index (χ0v) is 9.95. The van der Waals surface area contributed by atoms with Gasteiger partial charge in [0.1, 0.15) is 12.0 Å². The molecule has 1 aromatic carbocycles. The lowest BCUT2D eigenvalue weighted by Gasteiger charge is -2.09. The molecule has 0 heterocycles. The van der Waals surface area contributed by atoms with E-state index in [-0.39, 0.29) is 12.5 Å². The molecule has 1 aromatic rings. The minimum absolute atomic E-state index is 0.232. The van der Waals surface area contributed by atoms with Crippen molar-refractivity contribution in [2.45, 2.75) is 13.5 Å². The molecule has 0 aliphatic rings. The molecule has 90 valence electrons. The number of benzene rings is 1. The van der Waals surface area contributed by atoms with Crippen molar-refractivity contribution < 1.29 is 14.3 Å². The van der Waals surface area contributed by atoms with Gasteiger partial charge in [0, 0.05) is 17.7 Å². The predicted molar refractivity (Wildman–Crippen MR) is 65.0 cm³/mol. The zero-order chi connectivity index (χ0) is 12.8. The fourth-order valence-electron chi connectivity index (χ4n) is 1.30. The van der Waals surface area contributed by atoms with E-state index in [1.807, 2.05) is 0 Å². The first kappa shape index (κ1) is 13.0. The SMILES string of the molecule is C=C(C)C(=O)NCc1cc(OC)ccc1C=O. The van der Waals surface area contributed by atoms with Crippen molar-refractivity contribution in [3.05, 3.63) is 41.5 Å². The average molecular weight is 233 g/mol. The Bertz CT molecular complexity index is 452. The molecule has 0 saturated carbocycles. The van der Waals surface area contributed by atoms with Crippen LogP contribution in [0.3, 0.4) is 0 Å². The van der Waals surface area contributed by atoms with Crippen LogP contribution in [-0.2, 0) is 11.3 Å². The molecule has 1 rings (SSSR count). The summed E-state index contributed by atoms with van der Waals surface area (Å²) in [5.74, 6) is 0.417. The minimum Gasteiger partial charge on any atom is -0.497 e. The second-order valence-electron chi connectivity index (χ2n) is 3.65. The highest BCUT2D eigenvalue weighted by Gasteiger charge is 2.06. The van der Waals surface area contributed by atoms with Crippen LogP contribution in [0, 0.1) is 0 Å². The number of nitrogens with one attached hydrogen (secondary N) is 1. The molecule has 1 N–H and O–H groups in total. The number of hydrogen-bond acceptors (Lipinski definition) is 3. The number of hydrogen-bond donors (Lipinski definition) is 1. The quantitative estimate of drug-likeness (QED) is 0.622. The summed E-state index contributed by atoms with van der Waals surface area (Å²) in [5, 5.41) is 2.67. The van der Waals surface area contributed by atoms with Crippen LogP contribution >= 0.6 is 0 Å². The van der Waals surface area contributed by atoms with Crippen LogP contribution in [0.25, 0.3) is 0 Å². The number of amides is 1. The van der Waals surface area contributed by atoms with Crippen LogP contribution in [0.4, 0.5) is 0 Å². The van der Waals surface area contributed by atoms with Gasteiger partial charge in [0.25, 0.3) is 0 Å². The summed E-state index contributed by atoms with van der Waals surface area (Å²) in [5.41, 5.74) is 1.68. The van der Waals surface area contributed by atoms with Gasteiger partial charge in [0.15, 0.2) is 0 Å². The zero-order valence-electron chi connectivity index (χ0n) is 9.95. The Hall–Kier alpha value is -2.10. The van der Waals surface area contributed by atoms with Crippen molar-refractivity contribution in [2.24, 2.45) is 0 Å². The Balaban J connectivity index is 2.84. The number of methoxy groups -OCH3 is 1. The molecule has 0 bridgehead atoms. The summed E-state index contributed by atoms with van der Waals surface area (Å²) >= 11 is 0. The van der Waals surface area contributed by atoms with Crippen molar-refractivity contribution in [3.63, 3.8) is 0 Å². The fourth-order valence-corrected chi connectivity index (χ4v) is 1.30. The molecule has 0 spiro atoms. The normalized spacial score (nSPS) is 9.53. The number of ether oxygens (including phenoxy) is 1. The van der Waals surface area contributed by atoms with Gasteiger partial charge in [0.2, 0.25) is 5.91 Å². The molecule has 0 radical (unpaired) electrons. The van der Waals surface area contributed by atoms with E-state index in [1.165, 1.54) is 0 Å². The first-order valence-electron chi connectivity index (χ1n) is 5.14. The van der Waals surface area contributed by atoms with Crippen LogP contribution in [0.2, 0.25) is 0 Å². The first-order chi connectivity index (χ1) is 8.08. The van der Waals surface area contributed by atoms with E-state index in [1.54, 1.807) is 32.2 Å². The minimum atomic E-state index is -0.232. The molecule has 0 unspecified atom stereocenters. The summed E-state index contributed by atoms with van der Waals surface area (Å²) in [4.78, 5) is 22.2. The number of carbonyl (C=O) groups is 2. The molecule has 17 heavy (non-hydrogen) atoms. The summed E-state index contributed by atoms with van der Waals surface area (Å²) in [6.07, 6.45) is 0.752. The molecule has 0 saturated heterocycles. The van der Waals surface area contributed by atoms with E-state index in [0.29, 0.717) is 22.4 Å². The maximum absolute atomic E-state index is 11.3. The number of aldehydes is 1. The smallest absolute Gasteiger partial charge is 0.246 e. The van der Waals surface area contributed by atoms with Gasteiger partial charge in [-0.25, -0.2) is 0 Å². The van der Waals surface area contributed by atoms with Crippen molar-refractivity contribution in [1.82, 2.24) is 5.32 Å². The number of carbonyl (C=O) groups excluding carboxylic acids is 2. The number of rotatable bonds is 5. The Labute approximate surface area is 100 Å². The monoisotopic (exact) mass is 233 g/mol. The predicted octanol–water partition coefficient (Wildman–Crippen LogP) is 1.70. The van der Waals surface area contributed by atoms with E-state index in [9.17, 15) is 9.59 Å². The average Bonchev–Trinajstić information content (AvgIpc) is 2.35. The van der Waals surface area contributed by atoms with E-state index in [2.05, 4.69) is 11.9 Å². The van der Waals surface area contributed by atoms with Gasteiger partial charge < -0.3 is 10.1 Å². The van der Waals surface area contributed by atoms with Crippen molar-refractivity contribution in [2.75, 3.05) is 7.11 Å². The third-order valence-corrected chi connectivity index (χ3v) is 2.30. The third kappa shape index (κ3) is 3.45. The van der Waals surface area contributed by atoms with Gasteiger partial charge in [-0.3, -0.25) is 9.59 Å². The van der Waals surface area contributed by atoms with Crippen LogP contribution < -0.4 is 10.1 Å². The van der Waals surface area contributed by atoms with E-state index in [4.69, 9.17) is 4.74 Å². The lowest BCUT2D eigenvalue weighted by Crippen LogP contribution is -2.23. The molecular weight excluding hydrogens is 218 g/mol. The third-order valence-electron chi connectivity index (χ3n) is 2.30. The molecule has 0 aliphatic heterocycles. The largest absolute Gasteiger partial charge is 0.497 e. The maximum atomic E-state index is 11.3. The van der Waals surface area contributed by atoms with E-state index in [0.717, 1.165) is 6.29 Å². The first-order valence-corrected chi connectivity index (χ1v) is 5.14. The topological polar surface area (TPSA) is 55.4 Å². The van der Waals surface area contributed by atoms with Crippen LogP contribution in [0.15, 0.2) is 30.4 Å². The Morgan fingerprint density at radius 2 is 2.24 bits per heavy atom. The molecule has 0 fully saturated rings. The highest BCUT2D eigenvalue weighted by Crippen LogP contribution is 2.16. The summed E-state index contributed by atoms with van der Waals surface area (Å²) < 4.78 is 5.06. The highest BCUT2D eigenvalue weighted by molar-refractivity contribution is 5.92.